The highest BCUT2D eigenvalue weighted by molar-refractivity contribution is 14.0. The van der Waals surface area contributed by atoms with Gasteiger partial charge in [0.2, 0.25) is 0 Å². The fourth-order valence-electron chi connectivity index (χ4n) is 2.55. The third-order valence-electron chi connectivity index (χ3n) is 3.91. The molecule has 0 unspecified atom stereocenters. The number of aliphatic imine (C=N–C) groups is 1. The first kappa shape index (κ1) is 24.2. The van der Waals surface area contributed by atoms with Crippen LogP contribution in [0, 0.1) is 0 Å². The van der Waals surface area contributed by atoms with Crippen LogP contribution in [-0.2, 0) is 17.8 Å². The number of hydrogen-bond donors (Lipinski definition) is 2. The minimum atomic E-state index is -0.484. The molecule has 0 bridgehead atoms. The molecule has 0 aliphatic heterocycles. The molecule has 152 valence electrons. The molecule has 0 spiro atoms. The monoisotopic (exact) mass is 560 g/mol. The van der Waals surface area contributed by atoms with Crippen molar-refractivity contribution in [1.82, 2.24) is 10.2 Å². The molecule has 0 heterocycles. The molecule has 2 aromatic rings. The number of nitrogens with two attached hydrogens (primary N) is 1. The standard InChI is InChI=1S/C20H25BrN4O2.HI/c1-23-20(25(2)13-16-3-7-17(21)8-4-16)24-12-11-15-5-9-18(10-6-15)27-14-19(22)26;/h3-10H,11-14H2,1-2H3,(H2,22,26)(H,23,24);1H. The van der Waals surface area contributed by atoms with Crippen molar-refractivity contribution in [2.75, 3.05) is 27.2 Å². The minimum absolute atomic E-state index is 0. The van der Waals surface area contributed by atoms with Gasteiger partial charge in [0.1, 0.15) is 5.75 Å². The first-order valence-electron chi connectivity index (χ1n) is 8.64. The van der Waals surface area contributed by atoms with Gasteiger partial charge in [0.15, 0.2) is 12.6 Å². The SMILES string of the molecule is CN=C(NCCc1ccc(OCC(N)=O)cc1)N(C)Cc1ccc(Br)cc1.I. The van der Waals surface area contributed by atoms with E-state index in [2.05, 4.69) is 43.3 Å². The topological polar surface area (TPSA) is 80.0 Å². The number of hydrogen-bond acceptors (Lipinski definition) is 3. The Morgan fingerprint density at radius 2 is 1.75 bits per heavy atom. The van der Waals surface area contributed by atoms with E-state index in [-0.39, 0.29) is 30.6 Å². The number of nitrogens with one attached hydrogen (secondary N) is 1. The first-order chi connectivity index (χ1) is 13.0. The van der Waals surface area contributed by atoms with Crippen LogP contribution in [0.4, 0.5) is 0 Å². The van der Waals surface area contributed by atoms with E-state index in [4.69, 9.17) is 10.5 Å². The predicted octanol–water partition coefficient (Wildman–Crippen LogP) is 3.18. The van der Waals surface area contributed by atoms with E-state index in [1.54, 1.807) is 7.05 Å². The smallest absolute Gasteiger partial charge is 0.255 e. The number of rotatable bonds is 8. The molecule has 2 aromatic carbocycles. The molecule has 0 saturated heterocycles. The van der Waals surface area contributed by atoms with Crippen molar-refractivity contribution in [3.05, 3.63) is 64.1 Å². The summed E-state index contributed by atoms with van der Waals surface area (Å²) >= 11 is 3.45. The van der Waals surface area contributed by atoms with E-state index < -0.39 is 5.91 Å². The Labute approximate surface area is 191 Å². The summed E-state index contributed by atoms with van der Waals surface area (Å²) in [5.41, 5.74) is 7.45. The van der Waals surface area contributed by atoms with Gasteiger partial charge in [0.25, 0.3) is 5.91 Å². The van der Waals surface area contributed by atoms with Crippen LogP contribution in [0.1, 0.15) is 11.1 Å². The quantitative estimate of drug-likeness (QED) is 0.295. The number of guanidine groups is 1. The molecular formula is C20H26BrIN4O2. The van der Waals surface area contributed by atoms with Crippen molar-refractivity contribution in [2.45, 2.75) is 13.0 Å². The van der Waals surface area contributed by atoms with Crippen LogP contribution >= 0.6 is 39.9 Å². The normalized spacial score (nSPS) is 10.8. The van der Waals surface area contributed by atoms with Crippen molar-refractivity contribution in [3.63, 3.8) is 0 Å². The van der Waals surface area contributed by atoms with Gasteiger partial charge in [-0.15, -0.1) is 24.0 Å². The highest BCUT2D eigenvalue weighted by Gasteiger charge is 2.06. The molecule has 6 nitrogen and oxygen atoms in total. The number of carbonyl (C=O) groups excluding carboxylic acids is 1. The second-order valence-corrected chi connectivity index (χ2v) is 7.02. The van der Waals surface area contributed by atoms with E-state index in [0.717, 1.165) is 29.9 Å². The third-order valence-corrected chi connectivity index (χ3v) is 4.44. The number of nitrogens with zero attached hydrogens (tertiary/aromatic N) is 2. The zero-order valence-electron chi connectivity index (χ0n) is 16.0. The first-order valence-corrected chi connectivity index (χ1v) is 9.43. The molecule has 0 atom stereocenters. The highest BCUT2D eigenvalue weighted by Crippen LogP contribution is 2.13. The molecule has 2 rings (SSSR count). The van der Waals surface area contributed by atoms with E-state index in [9.17, 15) is 4.79 Å². The third kappa shape index (κ3) is 8.47. The molecule has 0 aromatic heterocycles. The number of primary amides is 1. The highest BCUT2D eigenvalue weighted by atomic mass is 127. The van der Waals surface area contributed by atoms with E-state index in [0.29, 0.717) is 5.75 Å². The molecule has 0 fully saturated rings. The van der Waals surface area contributed by atoms with E-state index in [1.807, 2.05) is 43.4 Å². The van der Waals surface area contributed by atoms with E-state index >= 15 is 0 Å². The molecule has 8 heteroatoms. The molecule has 0 aliphatic carbocycles. The number of ether oxygens (including phenoxy) is 1. The van der Waals surface area contributed by atoms with Gasteiger partial charge in [-0.05, 0) is 41.8 Å². The summed E-state index contributed by atoms with van der Waals surface area (Å²) < 4.78 is 6.33. The van der Waals surface area contributed by atoms with Crippen LogP contribution in [-0.4, -0.2) is 44.0 Å². The van der Waals surface area contributed by atoms with Crippen LogP contribution in [0.15, 0.2) is 58.0 Å². The molecule has 1 amide bonds. The number of halogens is 2. The van der Waals surface area contributed by atoms with Crippen LogP contribution in [0.25, 0.3) is 0 Å². The van der Waals surface area contributed by atoms with Crippen molar-refractivity contribution in [1.29, 1.82) is 0 Å². The van der Waals surface area contributed by atoms with Gasteiger partial charge in [0.05, 0.1) is 0 Å². The van der Waals surface area contributed by atoms with Gasteiger partial charge < -0.3 is 20.7 Å². The number of benzene rings is 2. The van der Waals surface area contributed by atoms with Gasteiger partial charge >= 0.3 is 0 Å². The maximum Gasteiger partial charge on any atom is 0.255 e. The maximum atomic E-state index is 10.7. The molecule has 28 heavy (non-hydrogen) atoms. The van der Waals surface area contributed by atoms with Crippen LogP contribution < -0.4 is 15.8 Å². The van der Waals surface area contributed by atoms with Crippen molar-refractivity contribution >= 4 is 51.8 Å². The lowest BCUT2D eigenvalue weighted by atomic mass is 10.1. The van der Waals surface area contributed by atoms with E-state index in [1.165, 1.54) is 11.1 Å². The van der Waals surface area contributed by atoms with Gasteiger partial charge in [-0.2, -0.15) is 0 Å². The Morgan fingerprint density at radius 3 is 2.32 bits per heavy atom. The van der Waals surface area contributed by atoms with Gasteiger partial charge in [-0.3, -0.25) is 9.79 Å². The molecule has 0 saturated carbocycles. The summed E-state index contributed by atoms with van der Waals surface area (Å²) in [4.78, 5) is 17.2. The van der Waals surface area contributed by atoms with Crippen molar-refractivity contribution < 1.29 is 9.53 Å². The number of carbonyl (C=O) groups is 1. The summed E-state index contributed by atoms with van der Waals surface area (Å²) in [7, 11) is 3.80. The fourth-order valence-corrected chi connectivity index (χ4v) is 2.81. The Kier molecular flexibility index (Phi) is 10.9. The van der Waals surface area contributed by atoms with Crippen molar-refractivity contribution in [3.8, 4) is 5.75 Å². The Hall–Kier alpha value is -1.81. The average molecular weight is 561 g/mol. The molecular weight excluding hydrogens is 535 g/mol. The van der Waals surface area contributed by atoms with Gasteiger partial charge in [0, 0.05) is 31.7 Å². The predicted molar refractivity (Wildman–Crippen MR) is 127 cm³/mol. The summed E-state index contributed by atoms with van der Waals surface area (Å²) in [5, 5.41) is 3.38. The zero-order valence-corrected chi connectivity index (χ0v) is 19.9. The van der Waals surface area contributed by atoms with Crippen LogP contribution in [0.2, 0.25) is 0 Å². The van der Waals surface area contributed by atoms with Gasteiger partial charge in [-0.1, -0.05) is 40.2 Å². The average Bonchev–Trinajstić information content (AvgIpc) is 2.66. The Morgan fingerprint density at radius 1 is 1.14 bits per heavy atom. The molecule has 0 radical (unpaired) electrons. The summed E-state index contributed by atoms with van der Waals surface area (Å²) in [5.74, 6) is 0.997. The zero-order chi connectivity index (χ0) is 19.6. The Balaban J connectivity index is 0.00000392. The van der Waals surface area contributed by atoms with Crippen LogP contribution in [0.3, 0.4) is 0 Å². The summed E-state index contributed by atoms with van der Waals surface area (Å²) in [6, 6.07) is 15.9. The van der Waals surface area contributed by atoms with Crippen molar-refractivity contribution in [2.24, 2.45) is 10.7 Å². The fraction of sp³-hybridized carbons (Fsp3) is 0.300. The summed E-state index contributed by atoms with van der Waals surface area (Å²) in [6.07, 6.45) is 0.848. The minimum Gasteiger partial charge on any atom is -0.484 e. The molecule has 0 aliphatic rings. The molecule has 3 N–H and O–H groups in total. The number of amides is 1. The second-order valence-electron chi connectivity index (χ2n) is 6.11. The Bertz CT molecular complexity index is 767. The lowest BCUT2D eigenvalue weighted by Gasteiger charge is -2.22. The largest absolute Gasteiger partial charge is 0.484 e. The lowest BCUT2D eigenvalue weighted by molar-refractivity contribution is -0.119. The summed E-state index contributed by atoms with van der Waals surface area (Å²) in [6.45, 7) is 1.43. The maximum absolute atomic E-state index is 10.7. The van der Waals surface area contributed by atoms with Crippen LogP contribution in [0.5, 0.6) is 5.75 Å². The van der Waals surface area contributed by atoms with Gasteiger partial charge in [-0.25, -0.2) is 0 Å². The lowest BCUT2D eigenvalue weighted by Crippen LogP contribution is -2.39. The second kappa shape index (κ2) is 12.6.